The molecule has 2 rings (SSSR count). The lowest BCUT2D eigenvalue weighted by molar-refractivity contribution is -0.135. The fraction of sp³-hybridized carbons (Fsp3) is 0.353. The Morgan fingerprint density at radius 2 is 2.00 bits per heavy atom. The van der Waals surface area contributed by atoms with Gasteiger partial charge in [-0.3, -0.25) is 19.7 Å². The van der Waals surface area contributed by atoms with Gasteiger partial charge in [-0.05, 0) is 30.7 Å². The molecule has 24 heavy (non-hydrogen) atoms. The van der Waals surface area contributed by atoms with Crippen molar-refractivity contribution in [2.24, 2.45) is 0 Å². The van der Waals surface area contributed by atoms with Gasteiger partial charge in [0.15, 0.2) is 11.5 Å². The molecule has 1 fully saturated rings. The van der Waals surface area contributed by atoms with Crippen LogP contribution in [0.5, 0.6) is 11.5 Å². The zero-order valence-corrected chi connectivity index (χ0v) is 13.9. The first-order valence-corrected chi connectivity index (χ1v) is 7.54. The van der Waals surface area contributed by atoms with E-state index in [1.54, 1.807) is 38.3 Å². The van der Waals surface area contributed by atoms with Crippen molar-refractivity contribution in [3.05, 3.63) is 29.8 Å². The Morgan fingerprint density at radius 3 is 2.54 bits per heavy atom. The van der Waals surface area contributed by atoms with Gasteiger partial charge in [0, 0.05) is 12.6 Å². The Labute approximate surface area is 140 Å². The van der Waals surface area contributed by atoms with Crippen molar-refractivity contribution >= 4 is 23.8 Å². The third kappa shape index (κ3) is 3.73. The molecule has 1 aliphatic heterocycles. The Bertz CT molecular complexity index is 684. The SMILES string of the molecule is CCN(C(=O)/C=C\c1ccc(OC)c(OC)c1)[C@@H]1CC(=O)NC1=O. The molecule has 0 aliphatic carbocycles. The van der Waals surface area contributed by atoms with Crippen LogP contribution < -0.4 is 14.8 Å². The number of hydrogen-bond acceptors (Lipinski definition) is 5. The summed E-state index contributed by atoms with van der Waals surface area (Å²) >= 11 is 0. The number of imide groups is 1. The van der Waals surface area contributed by atoms with Gasteiger partial charge in [-0.2, -0.15) is 0 Å². The van der Waals surface area contributed by atoms with Crippen molar-refractivity contribution in [3.8, 4) is 11.5 Å². The average molecular weight is 332 g/mol. The summed E-state index contributed by atoms with van der Waals surface area (Å²) in [5.41, 5.74) is 0.754. The molecular weight excluding hydrogens is 312 g/mol. The molecule has 0 saturated carbocycles. The summed E-state index contributed by atoms with van der Waals surface area (Å²) in [4.78, 5) is 36.8. The summed E-state index contributed by atoms with van der Waals surface area (Å²) in [6.07, 6.45) is 3.01. The van der Waals surface area contributed by atoms with E-state index in [1.165, 1.54) is 18.1 Å². The zero-order chi connectivity index (χ0) is 17.7. The first-order chi connectivity index (χ1) is 11.5. The lowest BCUT2D eigenvalue weighted by Crippen LogP contribution is -2.43. The highest BCUT2D eigenvalue weighted by Gasteiger charge is 2.36. The summed E-state index contributed by atoms with van der Waals surface area (Å²) in [5.74, 6) is 0.0227. The predicted molar refractivity (Wildman–Crippen MR) is 87.5 cm³/mol. The van der Waals surface area contributed by atoms with Crippen LogP contribution in [0.2, 0.25) is 0 Å². The molecule has 1 aliphatic rings. The van der Waals surface area contributed by atoms with E-state index in [1.807, 2.05) is 0 Å². The Morgan fingerprint density at radius 1 is 1.29 bits per heavy atom. The number of carbonyl (C=O) groups excluding carboxylic acids is 3. The summed E-state index contributed by atoms with van der Waals surface area (Å²) < 4.78 is 10.4. The van der Waals surface area contributed by atoms with E-state index in [0.29, 0.717) is 18.0 Å². The average Bonchev–Trinajstić information content (AvgIpc) is 2.91. The van der Waals surface area contributed by atoms with Crippen molar-refractivity contribution in [3.63, 3.8) is 0 Å². The quantitative estimate of drug-likeness (QED) is 0.620. The number of nitrogens with zero attached hydrogens (tertiary/aromatic N) is 1. The predicted octanol–water partition coefficient (Wildman–Crippen LogP) is 0.981. The maximum absolute atomic E-state index is 12.4. The van der Waals surface area contributed by atoms with Crippen LogP contribution in [-0.4, -0.2) is 49.4 Å². The number of ether oxygens (including phenoxy) is 2. The number of carbonyl (C=O) groups is 3. The number of benzene rings is 1. The maximum Gasteiger partial charge on any atom is 0.249 e. The number of nitrogens with one attached hydrogen (secondary N) is 1. The molecule has 1 aromatic carbocycles. The third-order valence-electron chi connectivity index (χ3n) is 3.77. The first kappa shape index (κ1) is 17.5. The molecule has 1 saturated heterocycles. The van der Waals surface area contributed by atoms with Crippen LogP contribution in [0.15, 0.2) is 24.3 Å². The van der Waals surface area contributed by atoms with Crippen LogP contribution in [0, 0.1) is 0 Å². The maximum atomic E-state index is 12.4. The van der Waals surface area contributed by atoms with E-state index in [0.717, 1.165) is 5.56 Å². The minimum atomic E-state index is -0.745. The molecule has 1 heterocycles. The highest BCUT2D eigenvalue weighted by molar-refractivity contribution is 6.07. The standard InChI is InChI=1S/C17H20N2O5/c1-4-19(12-10-15(20)18-17(12)22)16(21)8-6-11-5-7-13(23-2)14(9-11)24-3/h5-9,12H,4,10H2,1-3H3,(H,18,20,22)/b8-6-/t12-/m1/s1. The first-order valence-electron chi connectivity index (χ1n) is 7.54. The van der Waals surface area contributed by atoms with Gasteiger partial charge in [0.2, 0.25) is 17.7 Å². The zero-order valence-electron chi connectivity index (χ0n) is 13.9. The second-order valence-electron chi connectivity index (χ2n) is 5.20. The van der Waals surface area contributed by atoms with E-state index in [2.05, 4.69) is 5.32 Å². The second-order valence-corrected chi connectivity index (χ2v) is 5.20. The van der Waals surface area contributed by atoms with E-state index >= 15 is 0 Å². The van der Waals surface area contributed by atoms with Crippen LogP contribution in [0.25, 0.3) is 6.08 Å². The van der Waals surface area contributed by atoms with Gasteiger partial charge in [-0.1, -0.05) is 6.07 Å². The number of rotatable bonds is 6. The molecule has 7 heteroatoms. The highest BCUT2D eigenvalue weighted by atomic mass is 16.5. The van der Waals surface area contributed by atoms with Gasteiger partial charge >= 0.3 is 0 Å². The van der Waals surface area contributed by atoms with Crippen molar-refractivity contribution in [2.75, 3.05) is 20.8 Å². The minimum Gasteiger partial charge on any atom is -0.493 e. The molecule has 0 unspecified atom stereocenters. The second kappa shape index (κ2) is 7.63. The molecule has 128 valence electrons. The summed E-state index contributed by atoms with van der Waals surface area (Å²) in [6, 6.07) is 4.52. The van der Waals surface area contributed by atoms with Gasteiger partial charge < -0.3 is 14.4 Å². The van der Waals surface area contributed by atoms with Gasteiger partial charge in [-0.15, -0.1) is 0 Å². The topological polar surface area (TPSA) is 84.9 Å². The molecule has 0 aromatic heterocycles. The van der Waals surface area contributed by atoms with E-state index < -0.39 is 11.9 Å². The lowest BCUT2D eigenvalue weighted by atomic mass is 10.1. The van der Waals surface area contributed by atoms with Crippen LogP contribution in [0.3, 0.4) is 0 Å². The van der Waals surface area contributed by atoms with E-state index in [-0.39, 0.29) is 18.2 Å². The molecular formula is C17H20N2O5. The Hall–Kier alpha value is -2.83. The molecule has 7 nitrogen and oxygen atoms in total. The monoisotopic (exact) mass is 332 g/mol. The Balaban J connectivity index is 2.14. The summed E-state index contributed by atoms with van der Waals surface area (Å²) in [6.45, 7) is 2.10. The van der Waals surface area contributed by atoms with Gasteiger partial charge in [0.1, 0.15) is 6.04 Å². The molecule has 0 spiro atoms. The third-order valence-corrected chi connectivity index (χ3v) is 3.77. The fourth-order valence-corrected chi connectivity index (χ4v) is 2.54. The minimum absolute atomic E-state index is 0.00259. The van der Waals surface area contributed by atoms with Crippen LogP contribution in [-0.2, 0) is 14.4 Å². The highest BCUT2D eigenvalue weighted by Crippen LogP contribution is 2.28. The largest absolute Gasteiger partial charge is 0.493 e. The van der Waals surface area contributed by atoms with Gasteiger partial charge in [-0.25, -0.2) is 0 Å². The Kier molecular flexibility index (Phi) is 5.57. The van der Waals surface area contributed by atoms with Crippen LogP contribution >= 0.6 is 0 Å². The van der Waals surface area contributed by atoms with Crippen molar-refractivity contribution < 1.29 is 23.9 Å². The molecule has 0 bridgehead atoms. The summed E-state index contributed by atoms with van der Waals surface area (Å²) in [5, 5.41) is 2.21. The van der Waals surface area contributed by atoms with Gasteiger partial charge in [0.05, 0.1) is 20.6 Å². The van der Waals surface area contributed by atoms with Crippen LogP contribution in [0.4, 0.5) is 0 Å². The lowest BCUT2D eigenvalue weighted by Gasteiger charge is -2.23. The summed E-state index contributed by atoms with van der Waals surface area (Å²) in [7, 11) is 3.08. The molecule has 1 atom stereocenters. The smallest absolute Gasteiger partial charge is 0.249 e. The number of amides is 3. The normalized spacial score (nSPS) is 17.0. The molecule has 1 N–H and O–H groups in total. The van der Waals surface area contributed by atoms with Crippen molar-refractivity contribution in [1.82, 2.24) is 10.2 Å². The van der Waals surface area contributed by atoms with Gasteiger partial charge in [0.25, 0.3) is 0 Å². The fourth-order valence-electron chi connectivity index (χ4n) is 2.54. The number of methoxy groups -OCH3 is 2. The van der Waals surface area contributed by atoms with E-state index in [4.69, 9.17) is 9.47 Å². The van der Waals surface area contributed by atoms with Crippen molar-refractivity contribution in [1.29, 1.82) is 0 Å². The van der Waals surface area contributed by atoms with Crippen LogP contribution in [0.1, 0.15) is 18.9 Å². The number of likely N-dealkylation sites (N-methyl/N-ethyl adjacent to an activating group) is 1. The van der Waals surface area contributed by atoms with Crippen molar-refractivity contribution in [2.45, 2.75) is 19.4 Å². The molecule has 0 radical (unpaired) electrons. The molecule has 1 aromatic rings. The molecule has 3 amide bonds. The van der Waals surface area contributed by atoms with E-state index in [9.17, 15) is 14.4 Å². The number of hydrogen-bond donors (Lipinski definition) is 1.